The zero-order valence-electron chi connectivity index (χ0n) is 11.4. The molecule has 0 amide bonds. The van der Waals surface area contributed by atoms with E-state index in [1.54, 1.807) is 0 Å². The maximum atomic E-state index is 6.07. The Morgan fingerprint density at radius 1 is 1.16 bits per heavy atom. The first-order valence-corrected chi connectivity index (χ1v) is 7.17. The van der Waals surface area contributed by atoms with Gasteiger partial charge in [-0.1, -0.05) is 34.1 Å². The summed E-state index contributed by atoms with van der Waals surface area (Å²) in [4.78, 5) is 2.20. The lowest BCUT2D eigenvalue weighted by Gasteiger charge is -2.21. The van der Waals surface area contributed by atoms with Crippen molar-refractivity contribution in [2.24, 2.45) is 0 Å². The summed E-state index contributed by atoms with van der Waals surface area (Å²) in [5.74, 6) is 0. The molecule has 0 fully saturated rings. The van der Waals surface area contributed by atoms with E-state index in [0.717, 1.165) is 28.8 Å². The minimum Gasteiger partial charge on any atom is -0.397 e. The van der Waals surface area contributed by atoms with Crippen molar-refractivity contribution in [3.8, 4) is 0 Å². The summed E-state index contributed by atoms with van der Waals surface area (Å²) in [6.07, 6.45) is 1.00. The molecule has 3 heteroatoms. The van der Waals surface area contributed by atoms with Gasteiger partial charge in [0.05, 0.1) is 11.4 Å². The molecule has 0 aliphatic carbocycles. The molecule has 2 rings (SSSR count). The SMILES string of the molecule is Cc1ccc(N(C)CCc2cccc(Br)c2)c(N)c1. The van der Waals surface area contributed by atoms with Gasteiger partial charge in [-0.3, -0.25) is 0 Å². The highest BCUT2D eigenvalue weighted by molar-refractivity contribution is 9.10. The molecule has 2 nitrogen and oxygen atoms in total. The first-order chi connectivity index (χ1) is 9.06. The normalized spacial score (nSPS) is 10.5. The second kappa shape index (κ2) is 6.11. The number of rotatable bonds is 4. The minimum atomic E-state index is 0.844. The van der Waals surface area contributed by atoms with Gasteiger partial charge in [-0.2, -0.15) is 0 Å². The second-order valence-electron chi connectivity index (χ2n) is 4.86. The molecule has 0 spiro atoms. The fourth-order valence-corrected chi connectivity index (χ4v) is 2.58. The largest absolute Gasteiger partial charge is 0.397 e. The number of hydrogen-bond acceptors (Lipinski definition) is 2. The van der Waals surface area contributed by atoms with Gasteiger partial charge in [0.1, 0.15) is 0 Å². The van der Waals surface area contributed by atoms with Gasteiger partial charge in [-0.05, 0) is 48.7 Å². The van der Waals surface area contributed by atoms with Gasteiger partial charge in [0.25, 0.3) is 0 Å². The average molecular weight is 319 g/mol. The number of likely N-dealkylation sites (N-methyl/N-ethyl adjacent to an activating group) is 1. The van der Waals surface area contributed by atoms with Crippen molar-refractivity contribution < 1.29 is 0 Å². The van der Waals surface area contributed by atoms with Gasteiger partial charge < -0.3 is 10.6 Å². The Balaban J connectivity index is 2.03. The van der Waals surface area contributed by atoms with Crippen LogP contribution in [0.3, 0.4) is 0 Å². The summed E-state index contributed by atoms with van der Waals surface area (Å²) >= 11 is 3.50. The second-order valence-corrected chi connectivity index (χ2v) is 5.78. The van der Waals surface area contributed by atoms with Crippen molar-refractivity contribution in [3.05, 3.63) is 58.1 Å². The summed E-state index contributed by atoms with van der Waals surface area (Å²) in [5, 5.41) is 0. The van der Waals surface area contributed by atoms with Gasteiger partial charge in [0, 0.05) is 18.1 Å². The molecule has 0 aliphatic heterocycles. The fraction of sp³-hybridized carbons (Fsp3) is 0.250. The van der Waals surface area contributed by atoms with Gasteiger partial charge in [-0.15, -0.1) is 0 Å². The van der Waals surface area contributed by atoms with Crippen LogP contribution in [0.25, 0.3) is 0 Å². The molecule has 2 N–H and O–H groups in total. The number of hydrogen-bond donors (Lipinski definition) is 1. The molecular weight excluding hydrogens is 300 g/mol. The van der Waals surface area contributed by atoms with E-state index in [-0.39, 0.29) is 0 Å². The van der Waals surface area contributed by atoms with E-state index in [9.17, 15) is 0 Å². The zero-order chi connectivity index (χ0) is 13.8. The van der Waals surface area contributed by atoms with Crippen LogP contribution in [0.1, 0.15) is 11.1 Å². The molecule has 0 aliphatic rings. The third kappa shape index (κ3) is 3.74. The highest BCUT2D eigenvalue weighted by Gasteiger charge is 2.05. The van der Waals surface area contributed by atoms with Gasteiger partial charge in [0.2, 0.25) is 0 Å². The van der Waals surface area contributed by atoms with Crippen LogP contribution in [0.2, 0.25) is 0 Å². The molecular formula is C16H19BrN2. The Kier molecular flexibility index (Phi) is 4.48. The van der Waals surface area contributed by atoms with Crippen molar-refractivity contribution in [3.63, 3.8) is 0 Å². The van der Waals surface area contributed by atoms with Gasteiger partial charge >= 0.3 is 0 Å². The molecule has 0 atom stereocenters. The maximum Gasteiger partial charge on any atom is 0.0597 e. The molecule has 0 aromatic heterocycles. The predicted molar refractivity (Wildman–Crippen MR) is 86.7 cm³/mol. The number of anilines is 2. The lowest BCUT2D eigenvalue weighted by molar-refractivity contribution is 0.877. The topological polar surface area (TPSA) is 29.3 Å². The lowest BCUT2D eigenvalue weighted by Crippen LogP contribution is -2.21. The minimum absolute atomic E-state index is 0.844. The highest BCUT2D eigenvalue weighted by Crippen LogP contribution is 2.23. The third-order valence-electron chi connectivity index (χ3n) is 3.22. The molecule has 2 aromatic rings. The summed E-state index contributed by atoms with van der Waals surface area (Å²) in [6, 6.07) is 14.6. The summed E-state index contributed by atoms with van der Waals surface area (Å²) < 4.78 is 1.13. The van der Waals surface area contributed by atoms with E-state index in [4.69, 9.17) is 5.73 Å². The first-order valence-electron chi connectivity index (χ1n) is 6.38. The first kappa shape index (κ1) is 13.9. The fourth-order valence-electron chi connectivity index (χ4n) is 2.13. The Bertz CT molecular complexity index is 566. The van der Waals surface area contributed by atoms with Crippen LogP contribution in [0.4, 0.5) is 11.4 Å². The summed E-state index contributed by atoms with van der Waals surface area (Å²) in [5.41, 5.74) is 10.5. The van der Waals surface area contributed by atoms with Crippen molar-refractivity contribution in [1.29, 1.82) is 0 Å². The van der Waals surface area contributed by atoms with Crippen LogP contribution < -0.4 is 10.6 Å². The molecule has 100 valence electrons. The standard InChI is InChI=1S/C16H19BrN2/c1-12-6-7-16(15(18)10-12)19(2)9-8-13-4-3-5-14(17)11-13/h3-7,10-11H,8-9,18H2,1-2H3. The van der Waals surface area contributed by atoms with E-state index in [0.29, 0.717) is 0 Å². The molecule has 0 unspecified atom stereocenters. The Labute approximate surface area is 123 Å². The van der Waals surface area contributed by atoms with E-state index in [2.05, 4.69) is 65.1 Å². The zero-order valence-corrected chi connectivity index (χ0v) is 12.9. The molecule has 0 radical (unpaired) electrons. The van der Waals surface area contributed by atoms with Crippen LogP contribution in [0, 0.1) is 6.92 Å². The van der Waals surface area contributed by atoms with E-state index in [1.165, 1.54) is 11.1 Å². The summed E-state index contributed by atoms with van der Waals surface area (Å²) in [6.45, 7) is 3.01. The van der Waals surface area contributed by atoms with Crippen molar-refractivity contribution >= 4 is 27.3 Å². The molecule has 0 bridgehead atoms. The molecule has 0 heterocycles. The number of benzene rings is 2. The van der Waals surface area contributed by atoms with E-state index < -0.39 is 0 Å². The quantitative estimate of drug-likeness (QED) is 0.863. The predicted octanol–water partition coefficient (Wildman–Crippen LogP) is 4.02. The van der Waals surface area contributed by atoms with Crippen molar-refractivity contribution in [1.82, 2.24) is 0 Å². The number of nitrogens with two attached hydrogens (primary N) is 1. The highest BCUT2D eigenvalue weighted by atomic mass is 79.9. The van der Waals surface area contributed by atoms with Crippen LogP contribution >= 0.6 is 15.9 Å². The Morgan fingerprint density at radius 2 is 1.95 bits per heavy atom. The maximum absolute atomic E-state index is 6.07. The summed E-state index contributed by atoms with van der Waals surface area (Å²) in [7, 11) is 2.08. The number of halogens is 1. The van der Waals surface area contributed by atoms with Crippen LogP contribution in [-0.2, 0) is 6.42 Å². The number of nitrogen functional groups attached to an aromatic ring is 1. The van der Waals surface area contributed by atoms with Crippen LogP contribution in [0.5, 0.6) is 0 Å². The molecule has 0 saturated carbocycles. The molecule has 2 aromatic carbocycles. The van der Waals surface area contributed by atoms with Crippen molar-refractivity contribution in [2.75, 3.05) is 24.2 Å². The lowest BCUT2D eigenvalue weighted by atomic mass is 10.1. The van der Waals surface area contributed by atoms with Crippen LogP contribution in [-0.4, -0.2) is 13.6 Å². The molecule has 0 saturated heterocycles. The Morgan fingerprint density at radius 3 is 2.63 bits per heavy atom. The Hall–Kier alpha value is -1.48. The van der Waals surface area contributed by atoms with Gasteiger partial charge in [-0.25, -0.2) is 0 Å². The van der Waals surface area contributed by atoms with Crippen LogP contribution in [0.15, 0.2) is 46.9 Å². The van der Waals surface area contributed by atoms with E-state index >= 15 is 0 Å². The van der Waals surface area contributed by atoms with Crippen molar-refractivity contribution in [2.45, 2.75) is 13.3 Å². The molecule has 19 heavy (non-hydrogen) atoms. The smallest absolute Gasteiger partial charge is 0.0597 e. The monoisotopic (exact) mass is 318 g/mol. The number of nitrogens with zero attached hydrogens (tertiary/aromatic N) is 1. The number of aryl methyl sites for hydroxylation is 1. The third-order valence-corrected chi connectivity index (χ3v) is 3.71. The van der Waals surface area contributed by atoms with Gasteiger partial charge in [0.15, 0.2) is 0 Å². The van der Waals surface area contributed by atoms with E-state index in [1.807, 2.05) is 12.1 Å². The average Bonchev–Trinajstić information content (AvgIpc) is 2.36.